The van der Waals surface area contributed by atoms with E-state index in [1.54, 1.807) is 6.08 Å². The average molecular weight is 364 g/mol. The lowest BCUT2D eigenvalue weighted by molar-refractivity contribution is -0.151. The Kier molecular flexibility index (Phi) is 8.18. The molecule has 0 saturated carbocycles. The van der Waals surface area contributed by atoms with Gasteiger partial charge < -0.3 is 20.9 Å². The maximum Gasteiger partial charge on any atom is 0.246 e. The Morgan fingerprint density at radius 3 is 2.62 bits per heavy atom. The second kappa shape index (κ2) is 9.86. The summed E-state index contributed by atoms with van der Waals surface area (Å²) in [6.07, 6.45) is 3.86. The molecule has 8 heteroatoms. The molecule has 0 aromatic heterocycles. The second-order valence-corrected chi connectivity index (χ2v) is 6.15. The van der Waals surface area contributed by atoms with E-state index in [1.807, 2.05) is 13.0 Å². The van der Waals surface area contributed by atoms with E-state index in [2.05, 4.69) is 11.9 Å². The van der Waals surface area contributed by atoms with E-state index < -0.39 is 18.0 Å². The number of hydrogen-bond donors (Lipinski definition) is 2. The number of carbonyl (C=O) groups is 4. The van der Waals surface area contributed by atoms with Crippen LogP contribution < -0.4 is 11.1 Å². The number of nitrogens with zero attached hydrogens (tertiary/aromatic N) is 2. The molecule has 1 aliphatic heterocycles. The predicted octanol–water partition coefficient (Wildman–Crippen LogP) is -0.399. The van der Waals surface area contributed by atoms with Crippen LogP contribution in [0.3, 0.4) is 0 Å². The molecule has 1 rings (SSSR count). The molecule has 0 aliphatic carbocycles. The molecule has 0 aromatic rings. The molecule has 1 aliphatic rings. The number of rotatable bonds is 7. The van der Waals surface area contributed by atoms with Crippen molar-refractivity contribution in [1.82, 2.24) is 15.1 Å². The molecule has 3 amide bonds. The number of piperidine rings is 1. The van der Waals surface area contributed by atoms with Gasteiger partial charge in [0.05, 0.1) is 6.54 Å². The number of carbonyl (C=O) groups excluding carboxylic acids is 4. The van der Waals surface area contributed by atoms with Crippen LogP contribution >= 0.6 is 0 Å². The van der Waals surface area contributed by atoms with Crippen molar-refractivity contribution in [3.63, 3.8) is 0 Å². The first-order chi connectivity index (χ1) is 12.3. The van der Waals surface area contributed by atoms with Gasteiger partial charge in [0.25, 0.3) is 0 Å². The number of likely N-dealkylation sites (N-methyl/N-ethyl adjacent to an activating group) is 2. The van der Waals surface area contributed by atoms with Crippen molar-refractivity contribution in [3.8, 4) is 0 Å². The van der Waals surface area contributed by atoms with Gasteiger partial charge in [-0.25, -0.2) is 0 Å². The highest BCUT2D eigenvalue weighted by Crippen LogP contribution is 2.21. The van der Waals surface area contributed by atoms with Crippen LogP contribution in [0, 0.1) is 0 Å². The van der Waals surface area contributed by atoms with Gasteiger partial charge in [0.15, 0.2) is 0 Å². The third-order valence-electron chi connectivity index (χ3n) is 4.64. The van der Waals surface area contributed by atoms with E-state index >= 15 is 0 Å². The van der Waals surface area contributed by atoms with Crippen molar-refractivity contribution in [2.75, 3.05) is 27.2 Å². The Morgan fingerprint density at radius 1 is 1.46 bits per heavy atom. The van der Waals surface area contributed by atoms with Gasteiger partial charge in [-0.15, -0.1) is 0 Å². The summed E-state index contributed by atoms with van der Waals surface area (Å²) in [6.45, 7) is 5.46. The smallest absolute Gasteiger partial charge is 0.246 e. The van der Waals surface area contributed by atoms with Gasteiger partial charge in [0, 0.05) is 39.9 Å². The van der Waals surface area contributed by atoms with E-state index in [-0.39, 0.29) is 49.9 Å². The van der Waals surface area contributed by atoms with Gasteiger partial charge in [0.1, 0.15) is 17.9 Å². The van der Waals surface area contributed by atoms with Crippen molar-refractivity contribution in [2.24, 2.45) is 5.73 Å². The summed E-state index contributed by atoms with van der Waals surface area (Å²) in [5.41, 5.74) is 6.24. The number of Topliss-reactive ketones (excluding diaryl/α,β-unsaturated/α-hetero) is 1. The molecule has 0 aromatic carbocycles. The summed E-state index contributed by atoms with van der Waals surface area (Å²) in [5, 5.41) is 2.49. The van der Waals surface area contributed by atoms with Crippen molar-refractivity contribution >= 4 is 23.5 Å². The van der Waals surface area contributed by atoms with E-state index in [9.17, 15) is 19.2 Å². The normalized spacial score (nSPS) is 18.9. The highest BCUT2D eigenvalue weighted by Gasteiger charge is 2.39. The fourth-order valence-corrected chi connectivity index (χ4v) is 2.93. The fraction of sp³-hybridized carbons (Fsp3) is 0.556. The first kappa shape index (κ1) is 21.6. The van der Waals surface area contributed by atoms with Gasteiger partial charge in [-0.1, -0.05) is 24.3 Å². The molecule has 1 heterocycles. The van der Waals surface area contributed by atoms with Crippen LogP contribution in [0.2, 0.25) is 0 Å². The Labute approximate surface area is 154 Å². The largest absolute Gasteiger partial charge is 0.357 e. The van der Waals surface area contributed by atoms with Crippen LogP contribution in [0.1, 0.15) is 26.2 Å². The Bertz CT molecular complexity index is 614. The molecular formula is C18H28N4O4. The third kappa shape index (κ3) is 5.01. The number of ketones is 1. The number of hydrogen-bond acceptors (Lipinski definition) is 5. The molecule has 2 atom stereocenters. The molecule has 3 N–H and O–H groups in total. The molecular weight excluding hydrogens is 336 g/mol. The average Bonchev–Trinajstić information content (AvgIpc) is 2.66. The maximum absolute atomic E-state index is 13.2. The molecule has 8 nitrogen and oxygen atoms in total. The zero-order chi connectivity index (χ0) is 19.9. The minimum Gasteiger partial charge on any atom is -0.357 e. The molecule has 1 fully saturated rings. The zero-order valence-corrected chi connectivity index (χ0v) is 15.7. The van der Waals surface area contributed by atoms with Crippen molar-refractivity contribution < 1.29 is 19.2 Å². The highest BCUT2D eigenvalue weighted by molar-refractivity contribution is 5.96. The summed E-state index contributed by atoms with van der Waals surface area (Å²) in [6, 6.07) is -1.69. The Balaban J connectivity index is 3.19. The standard InChI is InChI=1S/C18H28N4O4/c1-5-12(6-2)9-15(21(4)16(24)11-19)18(26)22-8-7-13(23)10-14(22)17(25)20-3/h5-6,14-15H,1,7-11,19H2,2-4H3,(H,20,25)/t14-,15-/m1/s1. The van der Waals surface area contributed by atoms with Crippen molar-refractivity contribution in [3.05, 3.63) is 24.3 Å². The van der Waals surface area contributed by atoms with Gasteiger partial charge in [-0.2, -0.15) is 0 Å². The fourth-order valence-electron chi connectivity index (χ4n) is 2.93. The molecule has 0 unspecified atom stereocenters. The van der Waals surface area contributed by atoms with Crippen molar-refractivity contribution in [1.29, 1.82) is 0 Å². The lowest BCUT2D eigenvalue weighted by Gasteiger charge is -2.38. The van der Waals surface area contributed by atoms with E-state index in [4.69, 9.17) is 5.73 Å². The number of nitrogens with two attached hydrogens (primary N) is 1. The quantitative estimate of drug-likeness (QED) is 0.597. The monoisotopic (exact) mass is 364 g/mol. The topological polar surface area (TPSA) is 113 Å². The van der Waals surface area contributed by atoms with E-state index in [0.717, 1.165) is 5.57 Å². The van der Waals surface area contributed by atoms with Crippen LogP contribution in [-0.4, -0.2) is 72.6 Å². The summed E-state index contributed by atoms with van der Waals surface area (Å²) in [4.78, 5) is 51.9. The summed E-state index contributed by atoms with van der Waals surface area (Å²) >= 11 is 0. The molecule has 26 heavy (non-hydrogen) atoms. The third-order valence-corrected chi connectivity index (χ3v) is 4.64. The van der Waals surface area contributed by atoms with E-state index in [0.29, 0.717) is 0 Å². The minimum absolute atomic E-state index is 0.0232. The van der Waals surface area contributed by atoms with Crippen molar-refractivity contribution in [2.45, 2.75) is 38.3 Å². The first-order valence-electron chi connectivity index (χ1n) is 8.57. The Morgan fingerprint density at radius 2 is 2.12 bits per heavy atom. The van der Waals surface area contributed by atoms with Crippen LogP contribution in [0.15, 0.2) is 24.3 Å². The van der Waals surface area contributed by atoms with Crippen LogP contribution in [-0.2, 0) is 19.2 Å². The second-order valence-electron chi connectivity index (χ2n) is 6.15. The van der Waals surface area contributed by atoms with Crippen LogP contribution in [0.25, 0.3) is 0 Å². The lowest BCUT2D eigenvalue weighted by Crippen LogP contribution is -2.59. The maximum atomic E-state index is 13.2. The van der Waals surface area contributed by atoms with Gasteiger partial charge in [-0.05, 0) is 6.92 Å². The number of nitrogens with one attached hydrogen (secondary N) is 1. The predicted molar refractivity (Wildman–Crippen MR) is 98.0 cm³/mol. The summed E-state index contributed by atoms with van der Waals surface area (Å²) in [7, 11) is 2.97. The zero-order valence-electron chi connectivity index (χ0n) is 15.7. The first-order valence-corrected chi connectivity index (χ1v) is 8.57. The number of likely N-dealkylation sites (tertiary alicyclic amines) is 1. The molecule has 0 bridgehead atoms. The van der Waals surface area contributed by atoms with Crippen LogP contribution in [0.5, 0.6) is 0 Å². The lowest BCUT2D eigenvalue weighted by atomic mass is 9.96. The SMILES string of the molecule is C=CC(=CC)C[C@H](C(=O)N1CCC(=O)C[C@@H]1C(=O)NC)N(C)C(=O)CN. The van der Waals surface area contributed by atoms with Gasteiger partial charge in [-0.3, -0.25) is 19.2 Å². The highest BCUT2D eigenvalue weighted by atomic mass is 16.2. The molecule has 0 radical (unpaired) electrons. The molecule has 144 valence electrons. The summed E-state index contributed by atoms with van der Waals surface area (Å²) < 4.78 is 0. The van der Waals surface area contributed by atoms with Gasteiger partial charge >= 0.3 is 0 Å². The van der Waals surface area contributed by atoms with Crippen LogP contribution in [0.4, 0.5) is 0 Å². The van der Waals surface area contributed by atoms with Gasteiger partial charge in [0.2, 0.25) is 17.7 Å². The summed E-state index contributed by atoms with van der Waals surface area (Å²) in [5.74, 6) is -1.22. The number of amides is 3. The van der Waals surface area contributed by atoms with E-state index in [1.165, 1.54) is 23.9 Å². The Hall–Kier alpha value is -2.48. The minimum atomic E-state index is -0.865. The number of allylic oxidation sites excluding steroid dienone is 2. The molecule has 1 saturated heterocycles. The molecule has 0 spiro atoms.